The molecule has 1 aliphatic rings. The third-order valence-electron chi connectivity index (χ3n) is 5.69. The number of nitrogens with zero attached hydrogens (tertiary/aromatic N) is 1. The van der Waals surface area contributed by atoms with Crippen molar-refractivity contribution in [3.05, 3.63) is 87.7 Å². The van der Waals surface area contributed by atoms with Crippen LogP contribution in [0.2, 0.25) is 0 Å². The zero-order valence-electron chi connectivity index (χ0n) is 16.2. The fourth-order valence-electron chi connectivity index (χ4n) is 4.31. The molecule has 0 saturated carbocycles. The summed E-state index contributed by atoms with van der Waals surface area (Å²) in [6, 6.07) is 21.1. The lowest BCUT2D eigenvalue weighted by Gasteiger charge is -2.36. The Morgan fingerprint density at radius 3 is 2.72 bits per heavy atom. The minimum Gasteiger partial charge on any atom is -0.356 e. The molecule has 29 heavy (non-hydrogen) atoms. The third-order valence-corrected chi connectivity index (χ3v) is 7.31. The van der Waals surface area contributed by atoms with E-state index < -0.39 is 0 Å². The molecule has 2 aromatic carbocycles. The molecule has 5 rings (SSSR count). The van der Waals surface area contributed by atoms with Gasteiger partial charge in [-0.25, -0.2) is 0 Å². The Bertz CT molecular complexity index is 1150. The molecule has 0 fully saturated rings. The van der Waals surface area contributed by atoms with Gasteiger partial charge in [0.2, 0.25) is 5.91 Å². The van der Waals surface area contributed by atoms with Gasteiger partial charge in [0.15, 0.2) is 0 Å². The van der Waals surface area contributed by atoms with Gasteiger partial charge in [-0.1, -0.05) is 36.4 Å². The first-order chi connectivity index (χ1) is 14.2. The lowest BCUT2D eigenvalue weighted by atomic mass is 9.92. The van der Waals surface area contributed by atoms with Crippen molar-refractivity contribution in [3.63, 3.8) is 0 Å². The van der Waals surface area contributed by atoms with Gasteiger partial charge in [-0.15, -0.1) is 23.1 Å². The molecule has 4 aromatic rings. The van der Waals surface area contributed by atoms with Crippen molar-refractivity contribution in [1.82, 2.24) is 9.88 Å². The number of aromatic nitrogens is 1. The molecule has 5 heteroatoms. The molecule has 0 radical (unpaired) electrons. The zero-order chi connectivity index (χ0) is 19.8. The van der Waals surface area contributed by atoms with Gasteiger partial charge in [0.25, 0.3) is 0 Å². The number of thiophene rings is 1. The number of para-hydroxylation sites is 1. The van der Waals surface area contributed by atoms with Gasteiger partial charge in [0.1, 0.15) is 0 Å². The molecule has 146 valence electrons. The average molecular weight is 419 g/mol. The lowest BCUT2D eigenvalue weighted by molar-refractivity contribution is -0.132. The second kappa shape index (κ2) is 7.73. The van der Waals surface area contributed by atoms with Crippen LogP contribution in [0, 0.1) is 0 Å². The predicted octanol–water partition coefficient (Wildman–Crippen LogP) is 5.67. The second-order valence-corrected chi connectivity index (χ2v) is 9.24. The van der Waals surface area contributed by atoms with E-state index in [1.807, 2.05) is 17.5 Å². The van der Waals surface area contributed by atoms with Crippen LogP contribution in [0.4, 0.5) is 0 Å². The van der Waals surface area contributed by atoms with Crippen LogP contribution in [0.5, 0.6) is 0 Å². The molecule has 3 heterocycles. The summed E-state index contributed by atoms with van der Waals surface area (Å²) < 4.78 is 0. The Balaban J connectivity index is 1.59. The Morgan fingerprint density at radius 2 is 1.97 bits per heavy atom. The predicted molar refractivity (Wildman–Crippen MR) is 122 cm³/mol. The number of benzene rings is 2. The normalized spacial score (nSPS) is 16.2. The maximum atomic E-state index is 13.3. The van der Waals surface area contributed by atoms with Crippen LogP contribution >= 0.6 is 23.1 Å². The Hall–Kier alpha value is -2.50. The Morgan fingerprint density at radius 1 is 1.14 bits per heavy atom. The average Bonchev–Trinajstić information content (AvgIpc) is 3.40. The van der Waals surface area contributed by atoms with Gasteiger partial charge in [-0.3, -0.25) is 4.79 Å². The number of aromatic amines is 1. The highest BCUT2D eigenvalue weighted by Crippen LogP contribution is 2.39. The molecule has 2 aromatic heterocycles. The lowest BCUT2D eigenvalue weighted by Crippen LogP contribution is -2.41. The summed E-state index contributed by atoms with van der Waals surface area (Å²) in [6.07, 6.45) is 3.43. The summed E-state index contributed by atoms with van der Waals surface area (Å²) in [5.74, 6) is 0.190. The van der Waals surface area contributed by atoms with E-state index in [1.165, 1.54) is 15.8 Å². The molecule has 1 atom stereocenters. The van der Waals surface area contributed by atoms with Gasteiger partial charge in [0.05, 0.1) is 12.5 Å². The molecule has 3 nitrogen and oxygen atoms in total. The van der Waals surface area contributed by atoms with Crippen molar-refractivity contribution in [2.45, 2.75) is 23.8 Å². The fraction of sp³-hybridized carbons (Fsp3) is 0.208. The van der Waals surface area contributed by atoms with Crippen LogP contribution in [0.1, 0.15) is 27.7 Å². The zero-order valence-corrected chi connectivity index (χ0v) is 17.9. The van der Waals surface area contributed by atoms with Crippen LogP contribution in [0.3, 0.4) is 0 Å². The molecule has 1 amide bonds. The van der Waals surface area contributed by atoms with Crippen LogP contribution in [0.25, 0.3) is 10.9 Å². The number of hydrogen-bond acceptors (Lipinski definition) is 3. The highest BCUT2D eigenvalue weighted by atomic mass is 32.2. The molecule has 0 aliphatic carbocycles. The first kappa shape index (κ1) is 18.5. The number of hydrogen-bond donors (Lipinski definition) is 1. The van der Waals surface area contributed by atoms with E-state index in [9.17, 15) is 4.79 Å². The van der Waals surface area contributed by atoms with Crippen molar-refractivity contribution in [3.8, 4) is 0 Å². The second-order valence-electron chi connectivity index (χ2n) is 7.33. The van der Waals surface area contributed by atoms with Gasteiger partial charge >= 0.3 is 0 Å². The summed E-state index contributed by atoms with van der Waals surface area (Å²) in [6.45, 7) is 0.744. The Labute approximate surface area is 178 Å². The standard InChI is InChI=1S/C24H22N2OS2/c1-28-17-10-8-16(9-11-17)24-23-20(19-6-2-3-7-21(19)25-23)12-13-26(24)22(27)15-18-5-4-14-29-18/h2-11,14,24-25H,12-13,15H2,1H3/t24-/m1/s1. The van der Waals surface area contributed by atoms with E-state index >= 15 is 0 Å². The molecule has 1 aliphatic heterocycles. The molecule has 0 spiro atoms. The van der Waals surface area contributed by atoms with Gasteiger partial charge in [-0.2, -0.15) is 0 Å². The van der Waals surface area contributed by atoms with E-state index in [4.69, 9.17) is 0 Å². The van der Waals surface area contributed by atoms with Crippen LogP contribution in [-0.2, 0) is 17.6 Å². The highest BCUT2D eigenvalue weighted by molar-refractivity contribution is 7.98. The van der Waals surface area contributed by atoms with E-state index in [0.717, 1.165) is 34.6 Å². The minimum absolute atomic E-state index is 0.0745. The molecule has 0 saturated heterocycles. The monoisotopic (exact) mass is 418 g/mol. The van der Waals surface area contributed by atoms with Gasteiger partial charge in [0, 0.05) is 32.9 Å². The first-order valence-electron chi connectivity index (χ1n) is 9.80. The van der Waals surface area contributed by atoms with Gasteiger partial charge < -0.3 is 9.88 Å². The molecular formula is C24H22N2OS2. The number of H-pyrrole nitrogens is 1. The number of rotatable bonds is 4. The smallest absolute Gasteiger partial charge is 0.228 e. The number of amides is 1. The van der Waals surface area contributed by atoms with Gasteiger partial charge in [-0.05, 0) is 53.4 Å². The minimum atomic E-state index is -0.0745. The maximum Gasteiger partial charge on any atom is 0.228 e. The van der Waals surface area contributed by atoms with E-state index in [2.05, 4.69) is 64.7 Å². The van der Waals surface area contributed by atoms with Crippen molar-refractivity contribution in [1.29, 1.82) is 0 Å². The summed E-state index contributed by atoms with van der Waals surface area (Å²) in [7, 11) is 0. The molecule has 1 N–H and O–H groups in total. The van der Waals surface area contributed by atoms with E-state index in [1.54, 1.807) is 23.1 Å². The van der Waals surface area contributed by atoms with Crippen LogP contribution in [-0.4, -0.2) is 28.6 Å². The largest absolute Gasteiger partial charge is 0.356 e. The third kappa shape index (κ3) is 3.38. The summed E-state index contributed by atoms with van der Waals surface area (Å²) in [5, 5.41) is 3.31. The molecule has 0 bridgehead atoms. The van der Waals surface area contributed by atoms with Crippen molar-refractivity contribution in [2.24, 2.45) is 0 Å². The van der Waals surface area contributed by atoms with Crippen molar-refractivity contribution in [2.75, 3.05) is 12.8 Å². The number of nitrogens with one attached hydrogen (secondary N) is 1. The molecular weight excluding hydrogens is 396 g/mol. The number of thioether (sulfide) groups is 1. The topological polar surface area (TPSA) is 36.1 Å². The van der Waals surface area contributed by atoms with Crippen molar-refractivity contribution < 1.29 is 4.79 Å². The summed E-state index contributed by atoms with van der Waals surface area (Å²) in [5.41, 5.74) is 4.82. The van der Waals surface area contributed by atoms with E-state index in [-0.39, 0.29) is 11.9 Å². The summed E-state index contributed by atoms with van der Waals surface area (Å²) >= 11 is 3.39. The maximum absolute atomic E-state index is 13.3. The number of fused-ring (bicyclic) bond motifs is 3. The number of carbonyl (C=O) groups excluding carboxylic acids is 1. The highest BCUT2D eigenvalue weighted by Gasteiger charge is 2.34. The van der Waals surface area contributed by atoms with Crippen LogP contribution in [0.15, 0.2) is 70.9 Å². The number of carbonyl (C=O) groups is 1. The van der Waals surface area contributed by atoms with Crippen LogP contribution < -0.4 is 0 Å². The quantitative estimate of drug-likeness (QED) is 0.434. The first-order valence-corrected chi connectivity index (χ1v) is 11.9. The van der Waals surface area contributed by atoms with E-state index in [0.29, 0.717) is 6.42 Å². The SMILES string of the molecule is CSc1ccc([C@@H]2c3[nH]c4ccccc4c3CCN2C(=O)Cc2cccs2)cc1. The Kier molecular flexibility index (Phi) is 4.94. The van der Waals surface area contributed by atoms with Crippen molar-refractivity contribution >= 4 is 39.9 Å². The fourth-order valence-corrected chi connectivity index (χ4v) is 5.41. The molecule has 0 unspecified atom stereocenters. The summed E-state index contributed by atoms with van der Waals surface area (Å²) in [4.78, 5) is 21.4.